The molecule has 0 N–H and O–H groups in total. The number of aromatic nitrogens is 1. The molecule has 1 saturated heterocycles. The van der Waals surface area contributed by atoms with Crippen molar-refractivity contribution in [2.75, 3.05) is 40.0 Å². The van der Waals surface area contributed by atoms with Gasteiger partial charge in [-0.25, -0.2) is 0 Å². The van der Waals surface area contributed by atoms with Crippen LogP contribution in [0.5, 0.6) is 11.5 Å². The summed E-state index contributed by atoms with van der Waals surface area (Å²) >= 11 is 0. The predicted octanol–water partition coefficient (Wildman–Crippen LogP) is 6.16. The highest BCUT2D eigenvalue weighted by atomic mass is 16.5. The van der Waals surface area contributed by atoms with Gasteiger partial charge in [0.1, 0.15) is 18.1 Å². The summed E-state index contributed by atoms with van der Waals surface area (Å²) in [4.78, 5) is 13.7. The fraction of sp³-hybridized carbons (Fsp3) is 0.344. The van der Waals surface area contributed by atoms with Gasteiger partial charge in [-0.2, -0.15) is 0 Å². The number of fused-ring (bicyclic) bond motifs is 1. The zero-order valence-corrected chi connectivity index (χ0v) is 22.1. The Labute approximate surface area is 224 Å². The largest absolute Gasteiger partial charge is 0.494 e. The molecule has 0 amide bonds. The van der Waals surface area contributed by atoms with Crippen LogP contribution in [0.1, 0.15) is 31.2 Å². The summed E-state index contributed by atoms with van der Waals surface area (Å²) in [7, 11) is 1.40. The van der Waals surface area contributed by atoms with E-state index in [0.717, 1.165) is 42.5 Å². The molecule has 1 fully saturated rings. The van der Waals surface area contributed by atoms with Gasteiger partial charge in [0.2, 0.25) is 0 Å². The van der Waals surface area contributed by atoms with E-state index in [1.165, 1.54) is 49.5 Å². The summed E-state index contributed by atoms with van der Waals surface area (Å²) in [5, 5.41) is 1.22. The minimum Gasteiger partial charge on any atom is -0.494 e. The van der Waals surface area contributed by atoms with Crippen molar-refractivity contribution in [3.63, 3.8) is 0 Å². The van der Waals surface area contributed by atoms with Crippen LogP contribution in [-0.2, 0) is 16.1 Å². The van der Waals surface area contributed by atoms with Gasteiger partial charge in [-0.1, -0.05) is 30.3 Å². The molecule has 0 unspecified atom stereocenters. The summed E-state index contributed by atoms with van der Waals surface area (Å²) in [5.74, 6) is 1.51. The van der Waals surface area contributed by atoms with E-state index in [4.69, 9.17) is 9.47 Å². The van der Waals surface area contributed by atoms with Gasteiger partial charge in [0.15, 0.2) is 0 Å². The van der Waals surface area contributed by atoms with Crippen molar-refractivity contribution in [2.24, 2.45) is 0 Å². The number of para-hydroxylation sites is 1. The smallest absolute Gasteiger partial charge is 0.305 e. The van der Waals surface area contributed by atoms with Crippen LogP contribution >= 0.6 is 0 Å². The first kappa shape index (κ1) is 25.9. The Morgan fingerprint density at radius 1 is 0.842 bits per heavy atom. The average Bonchev–Trinajstić information content (AvgIpc) is 3.61. The third kappa shape index (κ3) is 6.56. The Morgan fingerprint density at radius 2 is 1.53 bits per heavy atom. The molecule has 0 radical (unpaired) electrons. The van der Waals surface area contributed by atoms with Gasteiger partial charge in [0.05, 0.1) is 13.7 Å². The molecule has 3 aromatic carbocycles. The van der Waals surface area contributed by atoms with Crippen LogP contribution in [0.15, 0.2) is 78.9 Å². The Balaban J connectivity index is 1.26. The van der Waals surface area contributed by atoms with Gasteiger partial charge in [-0.3, -0.25) is 9.69 Å². The van der Waals surface area contributed by atoms with E-state index in [2.05, 4.69) is 80.9 Å². The normalized spacial score (nSPS) is 13.6. The molecule has 1 aliphatic heterocycles. The standard InChI is InChI=1S/C32H36N2O4/c1-36-32(35)9-6-21-37-29-16-12-26(13-17-29)31-23-27-7-2-3-8-30(27)34(31)24-25-10-14-28(15-11-25)38-22-20-33-18-4-5-19-33/h2-3,7-8,10-17,23H,4-6,9,18-22,24H2,1H3. The fourth-order valence-electron chi connectivity index (χ4n) is 5.02. The first-order chi connectivity index (χ1) is 18.7. The number of benzene rings is 3. The quantitative estimate of drug-likeness (QED) is 0.168. The maximum absolute atomic E-state index is 11.3. The maximum atomic E-state index is 11.3. The van der Waals surface area contributed by atoms with E-state index in [9.17, 15) is 4.79 Å². The number of likely N-dealkylation sites (tertiary alicyclic amines) is 1. The average molecular weight is 513 g/mol. The van der Waals surface area contributed by atoms with Crippen LogP contribution in [0.3, 0.4) is 0 Å². The lowest BCUT2D eigenvalue weighted by atomic mass is 10.1. The van der Waals surface area contributed by atoms with E-state index < -0.39 is 0 Å². The van der Waals surface area contributed by atoms with E-state index in [1.54, 1.807) is 0 Å². The lowest BCUT2D eigenvalue weighted by Gasteiger charge is -2.15. The number of ether oxygens (including phenoxy) is 3. The molecule has 2 heterocycles. The number of nitrogens with zero attached hydrogens (tertiary/aromatic N) is 2. The number of carbonyl (C=O) groups excluding carboxylic acids is 1. The summed E-state index contributed by atoms with van der Waals surface area (Å²) in [6.45, 7) is 5.37. The van der Waals surface area contributed by atoms with Crippen molar-refractivity contribution in [3.05, 3.63) is 84.4 Å². The maximum Gasteiger partial charge on any atom is 0.305 e. The van der Waals surface area contributed by atoms with E-state index >= 15 is 0 Å². The Kier molecular flexibility index (Phi) is 8.61. The van der Waals surface area contributed by atoms with Gasteiger partial charge in [0.25, 0.3) is 0 Å². The lowest BCUT2D eigenvalue weighted by molar-refractivity contribution is -0.140. The van der Waals surface area contributed by atoms with E-state index in [1.807, 2.05) is 12.1 Å². The van der Waals surface area contributed by atoms with Gasteiger partial charge >= 0.3 is 5.97 Å². The predicted molar refractivity (Wildman–Crippen MR) is 151 cm³/mol. The number of hydrogen-bond acceptors (Lipinski definition) is 5. The molecular weight excluding hydrogens is 476 g/mol. The molecule has 4 aromatic rings. The number of carbonyl (C=O) groups is 1. The van der Waals surface area contributed by atoms with Crippen LogP contribution in [0.4, 0.5) is 0 Å². The second-order valence-electron chi connectivity index (χ2n) is 9.77. The summed E-state index contributed by atoms with van der Waals surface area (Å²) in [6, 6.07) is 27.4. The van der Waals surface area contributed by atoms with Crippen LogP contribution in [-0.4, -0.2) is 55.4 Å². The van der Waals surface area contributed by atoms with Gasteiger partial charge in [0, 0.05) is 36.1 Å². The highest BCUT2D eigenvalue weighted by Crippen LogP contribution is 2.30. The summed E-state index contributed by atoms with van der Waals surface area (Å²) < 4.78 is 18.9. The molecule has 0 spiro atoms. The fourth-order valence-corrected chi connectivity index (χ4v) is 5.02. The third-order valence-corrected chi connectivity index (χ3v) is 7.12. The first-order valence-corrected chi connectivity index (χ1v) is 13.5. The van der Waals surface area contributed by atoms with Crippen molar-refractivity contribution < 1.29 is 19.0 Å². The molecular formula is C32H36N2O4. The molecule has 0 bridgehead atoms. The SMILES string of the molecule is COC(=O)CCCOc1ccc(-c2cc3ccccc3n2Cc2ccc(OCCN3CCCC3)cc2)cc1. The molecule has 6 heteroatoms. The Bertz CT molecular complexity index is 1320. The highest BCUT2D eigenvalue weighted by molar-refractivity contribution is 5.87. The van der Waals surface area contributed by atoms with Gasteiger partial charge in [-0.05, 0) is 92.0 Å². The molecule has 1 aliphatic rings. The molecule has 0 aliphatic carbocycles. The van der Waals surface area contributed by atoms with Gasteiger partial charge < -0.3 is 18.8 Å². The van der Waals surface area contributed by atoms with Crippen molar-refractivity contribution in [3.8, 4) is 22.8 Å². The number of esters is 1. The molecule has 0 saturated carbocycles. The zero-order chi connectivity index (χ0) is 26.2. The molecule has 38 heavy (non-hydrogen) atoms. The number of hydrogen-bond donors (Lipinski definition) is 0. The summed E-state index contributed by atoms with van der Waals surface area (Å²) in [5.41, 5.74) is 4.72. The Hall–Kier alpha value is -3.77. The lowest BCUT2D eigenvalue weighted by Crippen LogP contribution is -2.25. The molecule has 6 nitrogen and oxygen atoms in total. The second-order valence-corrected chi connectivity index (χ2v) is 9.77. The third-order valence-electron chi connectivity index (χ3n) is 7.12. The number of rotatable bonds is 12. The second kappa shape index (κ2) is 12.7. The van der Waals surface area contributed by atoms with E-state index in [-0.39, 0.29) is 5.97 Å². The van der Waals surface area contributed by atoms with Crippen LogP contribution in [0.2, 0.25) is 0 Å². The molecule has 0 atom stereocenters. The minimum atomic E-state index is -0.212. The molecule has 198 valence electrons. The summed E-state index contributed by atoms with van der Waals surface area (Å²) in [6.07, 6.45) is 3.60. The first-order valence-electron chi connectivity index (χ1n) is 13.5. The molecule has 1 aromatic heterocycles. The van der Waals surface area contributed by atoms with E-state index in [0.29, 0.717) is 19.4 Å². The van der Waals surface area contributed by atoms with Crippen molar-refractivity contribution >= 4 is 16.9 Å². The van der Waals surface area contributed by atoms with Crippen molar-refractivity contribution in [1.29, 1.82) is 0 Å². The van der Waals surface area contributed by atoms with Crippen LogP contribution < -0.4 is 9.47 Å². The topological polar surface area (TPSA) is 52.9 Å². The molecule has 5 rings (SSSR count). The van der Waals surface area contributed by atoms with Crippen molar-refractivity contribution in [1.82, 2.24) is 9.47 Å². The van der Waals surface area contributed by atoms with Gasteiger partial charge in [-0.15, -0.1) is 0 Å². The minimum absolute atomic E-state index is 0.212. The Morgan fingerprint density at radius 3 is 2.26 bits per heavy atom. The van der Waals surface area contributed by atoms with Crippen molar-refractivity contribution in [2.45, 2.75) is 32.2 Å². The highest BCUT2D eigenvalue weighted by Gasteiger charge is 2.13. The van der Waals surface area contributed by atoms with Crippen LogP contribution in [0, 0.1) is 0 Å². The monoisotopic (exact) mass is 512 g/mol. The van der Waals surface area contributed by atoms with Crippen LogP contribution in [0.25, 0.3) is 22.2 Å². The zero-order valence-electron chi connectivity index (χ0n) is 22.1. The number of methoxy groups -OCH3 is 1.